The van der Waals surface area contributed by atoms with Crippen LogP contribution in [0.3, 0.4) is 0 Å². The predicted octanol–water partition coefficient (Wildman–Crippen LogP) is 4.77. The van der Waals surface area contributed by atoms with E-state index in [-0.39, 0.29) is 13.2 Å². The number of allylic oxidation sites excluding steroid dienone is 1. The van der Waals surface area contributed by atoms with E-state index in [1.54, 1.807) is 30.6 Å². The molecule has 0 aliphatic heterocycles. The van der Waals surface area contributed by atoms with E-state index in [9.17, 15) is 4.79 Å². The van der Waals surface area contributed by atoms with Crippen LogP contribution in [0.4, 0.5) is 0 Å². The molecule has 0 unspecified atom stereocenters. The van der Waals surface area contributed by atoms with Gasteiger partial charge in [0.15, 0.2) is 5.78 Å². The van der Waals surface area contributed by atoms with Crippen LogP contribution < -0.4 is 0 Å². The zero-order chi connectivity index (χ0) is 13.8. The SMILES string of the molecule is C.O=C(/C=C/c1cccc2ccccc12)c1ccncc1. The average Bonchev–Trinajstić information content (AvgIpc) is 2.53. The van der Waals surface area contributed by atoms with Crippen molar-refractivity contribution in [3.8, 4) is 0 Å². The van der Waals surface area contributed by atoms with E-state index >= 15 is 0 Å². The highest BCUT2D eigenvalue weighted by Crippen LogP contribution is 2.19. The molecule has 0 saturated heterocycles. The van der Waals surface area contributed by atoms with Crippen molar-refractivity contribution in [2.24, 2.45) is 0 Å². The summed E-state index contributed by atoms with van der Waals surface area (Å²) in [6.45, 7) is 0. The van der Waals surface area contributed by atoms with Crippen molar-refractivity contribution in [1.29, 1.82) is 0 Å². The van der Waals surface area contributed by atoms with E-state index < -0.39 is 0 Å². The van der Waals surface area contributed by atoms with E-state index in [0.717, 1.165) is 10.9 Å². The number of hydrogen-bond donors (Lipinski definition) is 0. The molecule has 1 aromatic heterocycles. The molecule has 0 atom stereocenters. The number of aromatic nitrogens is 1. The smallest absolute Gasteiger partial charge is 0.185 e. The summed E-state index contributed by atoms with van der Waals surface area (Å²) in [6, 6.07) is 17.7. The molecule has 3 rings (SSSR count). The Morgan fingerprint density at radius 1 is 0.905 bits per heavy atom. The Bertz CT molecular complexity index is 770. The molecule has 2 aromatic carbocycles. The summed E-state index contributed by atoms with van der Waals surface area (Å²) in [5, 5.41) is 2.32. The van der Waals surface area contributed by atoms with Crippen LogP contribution in [0.5, 0.6) is 0 Å². The topological polar surface area (TPSA) is 30.0 Å². The minimum Gasteiger partial charge on any atom is -0.289 e. The first kappa shape index (κ1) is 14.7. The summed E-state index contributed by atoms with van der Waals surface area (Å²) in [7, 11) is 0. The van der Waals surface area contributed by atoms with Crippen LogP contribution in [0.1, 0.15) is 23.3 Å². The van der Waals surface area contributed by atoms with Crippen molar-refractivity contribution in [2.45, 2.75) is 7.43 Å². The maximum absolute atomic E-state index is 12.0. The fourth-order valence-electron chi connectivity index (χ4n) is 2.17. The molecule has 0 radical (unpaired) electrons. The van der Waals surface area contributed by atoms with Crippen LogP contribution in [-0.2, 0) is 0 Å². The Morgan fingerprint density at radius 2 is 1.62 bits per heavy atom. The van der Waals surface area contributed by atoms with Crippen molar-refractivity contribution in [1.82, 2.24) is 4.98 Å². The summed E-state index contributed by atoms with van der Waals surface area (Å²) in [4.78, 5) is 16.0. The number of ketones is 1. The lowest BCUT2D eigenvalue weighted by atomic mass is 10.0. The third-order valence-electron chi connectivity index (χ3n) is 3.20. The Morgan fingerprint density at radius 3 is 2.43 bits per heavy atom. The van der Waals surface area contributed by atoms with Gasteiger partial charge in [-0.15, -0.1) is 0 Å². The second kappa shape index (κ2) is 6.62. The van der Waals surface area contributed by atoms with Crippen LogP contribution in [0, 0.1) is 0 Å². The highest BCUT2D eigenvalue weighted by molar-refractivity contribution is 6.07. The van der Waals surface area contributed by atoms with Crippen molar-refractivity contribution >= 4 is 22.6 Å². The minimum atomic E-state index is -0.0136. The highest BCUT2D eigenvalue weighted by Gasteiger charge is 2.01. The molecule has 0 fully saturated rings. The Labute approximate surface area is 124 Å². The maximum atomic E-state index is 12.0. The molecule has 1 heterocycles. The maximum Gasteiger partial charge on any atom is 0.185 e. The summed E-state index contributed by atoms with van der Waals surface area (Å²) < 4.78 is 0. The fourth-order valence-corrected chi connectivity index (χ4v) is 2.17. The van der Waals surface area contributed by atoms with Gasteiger partial charge in [-0.1, -0.05) is 56.0 Å². The molecule has 0 aliphatic rings. The first-order valence-corrected chi connectivity index (χ1v) is 6.45. The van der Waals surface area contributed by atoms with Crippen LogP contribution >= 0.6 is 0 Å². The molecular weight excluding hydrogens is 258 g/mol. The first-order chi connectivity index (χ1) is 9.84. The molecule has 0 bridgehead atoms. The lowest BCUT2D eigenvalue weighted by molar-refractivity contribution is 0.104. The van der Waals surface area contributed by atoms with Gasteiger partial charge in [0.2, 0.25) is 0 Å². The van der Waals surface area contributed by atoms with Crippen LogP contribution in [0.2, 0.25) is 0 Å². The third kappa shape index (κ3) is 3.23. The second-order valence-electron chi connectivity index (χ2n) is 4.50. The number of hydrogen-bond acceptors (Lipinski definition) is 2. The van der Waals surface area contributed by atoms with Crippen LogP contribution in [-0.4, -0.2) is 10.8 Å². The molecule has 0 aliphatic carbocycles. The van der Waals surface area contributed by atoms with E-state index in [0.29, 0.717) is 5.56 Å². The molecule has 0 amide bonds. The predicted molar refractivity (Wildman–Crippen MR) is 88.3 cm³/mol. The van der Waals surface area contributed by atoms with Gasteiger partial charge in [0.25, 0.3) is 0 Å². The molecule has 21 heavy (non-hydrogen) atoms. The van der Waals surface area contributed by atoms with Crippen molar-refractivity contribution in [3.63, 3.8) is 0 Å². The summed E-state index contributed by atoms with van der Waals surface area (Å²) in [5.74, 6) is -0.0136. The number of fused-ring (bicyclic) bond motifs is 1. The number of pyridine rings is 1. The molecule has 2 nitrogen and oxygen atoms in total. The fraction of sp³-hybridized carbons (Fsp3) is 0.0526. The quantitative estimate of drug-likeness (QED) is 0.509. The van der Waals surface area contributed by atoms with Crippen LogP contribution in [0.25, 0.3) is 16.8 Å². The zero-order valence-electron chi connectivity index (χ0n) is 10.9. The monoisotopic (exact) mass is 275 g/mol. The van der Waals surface area contributed by atoms with E-state index in [4.69, 9.17) is 0 Å². The number of carbonyl (C=O) groups excluding carboxylic acids is 1. The Kier molecular flexibility index (Phi) is 4.62. The first-order valence-electron chi connectivity index (χ1n) is 6.45. The van der Waals surface area contributed by atoms with Gasteiger partial charge in [-0.3, -0.25) is 9.78 Å². The van der Waals surface area contributed by atoms with Crippen molar-refractivity contribution in [3.05, 3.63) is 84.2 Å². The molecule has 0 spiro atoms. The summed E-state index contributed by atoms with van der Waals surface area (Å²) >= 11 is 0. The highest BCUT2D eigenvalue weighted by atomic mass is 16.1. The van der Waals surface area contributed by atoms with Gasteiger partial charge in [-0.25, -0.2) is 0 Å². The second-order valence-corrected chi connectivity index (χ2v) is 4.50. The molecular formula is C19H17NO. The average molecular weight is 275 g/mol. The largest absolute Gasteiger partial charge is 0.289 e. The van der Waals surface area contributed by atoms with Crippen molar-refractivity contribution < 1.29 is 4.79 Å². The number of rotatable bonds is 3. The van der Waals surface area contributed by atoms with Gasteiger partial charge in [0, 0.05) is 18.0 Å². The molecule has 0 N–H and O–H groups in total. The molecule has 104 valence electrons. The van der Waals surface area contributed by atoms with Gasteiger partial charge in [0.1, 0.15) is 0 Å². The lowest BCUT2D eigenvalue weighted by Crippen LogP contribution is -1.93. The van der Waals surface area contributed by atoms with Crippen LogP contribution in [0.15, 0.2) is 73.1 Å². The normalized spacial score (nSPS) is 10.5. The molecule has 0 saturated carbocycles. The van der Waals surface area contributed by atoms with Gasteiger partial charge in [0.05, 0.1) is 0 Å². The Hall–Kier alpha value is -2.74. The van der Waals surface area contributed by atoms with Crippen molar-refractivity contribution in [2.75, 3.05) is 0 Å². The van der Waals surface area contributed by atoms with Gasteiger partial charge in [-0.2, -0.15) is 0 Å². The Balaban J connectivity index is 0.00000161. The van der Waals surface area contributed by atoms with Gasteiger partial charge < -0.3 is 0 Å². The molecule has 2 heteroatoms. The number of carbonyl (C=O) groups is 1. The molecule has 3 aromatic rings. The standard InChI is InChI=1S/C18H13NO.CH4/c20-18(16-10-12-19-13-11-16)9-8-15-6-3-5-14-4-1-2-7-17(14)15;/h1-13H;1H4/b9-8+;. The summed E-state index contributed by atoms with van der Waals surface area (Å²) in [5.41, 5.74) is 1.70. The van der Waals surface area contributed by atoms with E-state index in [1.807, 2.05) is 30.3 Å². The van der Waals surface area contributed by atoms with Gasteiger partial charge >= 0.3 is 0 Å². The van der Waals surface area contributed by atoms with E-state index in [1.165, 1.54) is 5.39 Å². The minimum absolute atomic E-state index is 0. The zero-order valence-corrected chi connectivity index (χ0v) is 10.9. The lowest BCUT2D eigenvalue weighted by Gasteiger charge is -2.01. The van der Waals surface area contributed by atoms with E-state index in [2.05, 4.69) is 23.2 Å². The van der Waals surface area contributed by atoms with Gasteiger partial charge in [-0.05, 0) is 34.5 Å². The number of benzene rings is 2. The third-order valence-corrected chi connectivity index (χ3v) is 3.20. The number of nitrogens with zero attached hydrogens (tertiary/aromatic N) is 1. The summed E-state index contributed by atoms with van der Waals surface area (Å²) in [6.07, 6.45) is 6.72.